The lowest BCUT2D eigenvalue weighted by atomic mass is 9.93. The van der Waals surface area contributed by atoms with Gasteiger partial charge in [-0.25, -0.2) is 0 Å². The van der Waals surface area contributed by atoms with Crippen LogP contribution in [-0.2, 0) is 0 Å². The molecule has 0 amide bonds. The van der Waals surface area contributed by atoms with Gasteiger partial charge in [0.05, 0.1) is 0 Å². The number of carbonyl (C=O) groups is 2. The van der Waals surface area contributed by atoms with Crippen molar-refractivity contribution < 1.29 is 9.59 Å². The van der Waals surface area contributed by atoms with E-state index >= 15 is 0 Å². The van der Waals surface area contributed by atoms with Gasteiger partial charge in [-0.15, -0.1) is 0 Å². The van der Waals surface area contributed by atoms with Gasteiger partial charge in [0, 0.05) is 31.2 Å². The minimum atomic E-state index is -0.145. The van der Waals surface area contributed by atoms with Crippen LogP contribution in [0, 0.1) is 0 Å². The molecule has 126 valence electrons. The smallest absolute Gasteiger partial charge is 0.195 e. The number of fused-ring (bicyclic) bond motifs is 1. The summed E-state index contributed by atoms with van der Waals surface area (Å²) in [6.45, 7) is 0. The molecule has 26 heavy (non-hydrogen) atoms. The lowest BCUT2D eigenvalue weighted by Crippen LogP contribution is -2.04. The molecule has 1 aliphatic rings. The highest BCUT2D eigenvalue weighted by molar-refractivity contribution is 9.10. The van der Waals surface area contributed by atoms with Crippen molar-refractivity contribution in [3.8, 4) is 0 Å². The molecule has 0 unspecified atom stereocenters. The fourth-order valence-corrected chi connectivity index (χ4v) is 3.68. The summed E-state index contributed by atoms with van der Waals surface area (Å²) < 4.78 is 1.82. The molecule has 0 heterocycles. The third-order valence-electron chi connectivity index (χ3n) is 4.38. The van der Waals surface area contributed by atoms with Gasteiger partial charge in [-0.1, -0.05) is 68.3 Å². The second-order valence-corrected chi connectivity index (χ2v) is 7.80. The second-order valence-electron chi connectivity index (χ2n) is 5.97. The Hall–Kier alpha value is -2.30. The van der Waals surface area contributed by atoms with Crippen LogP contribution in [0.25, 0.3) is 11.1 Å². The number of benzene rings is 3. The minimum Gasteiger partial charge on any atom is -0.289 e. The summed E-state index contributed by atoms with van der Waals surface area (Å²) in [7, 11) is 0. The van der Waals surface area contributed by atoms with Crippen molar-refractivity contribution in [1.82, 2.24) is 0 Å². The summed E-state index contributed by atoms with van der Waals surface area (Å²) >= 11 is 6.80. The monoisotopic (exact) mass is 466 g/mol. The Bertz CT molecular complexity index is 1060. The molecule has 0 aliphatic heterocycles. The molecule has 0 N–H and O–H groups in total. The SMILES string of the molecule is O=C(C1=C(c2ccc(Br)cc2)C(=O)c2ccccc21)c1ccc(Br)cc1. The fourth-order valence-electron chi connectivity index (χ4n) is 3.16. The van der Waals surface area contributed by atoms with Crippen molar-refractivity contribution >= 4 is 54.6 Å². The average Bonchev–Trinajstić information content (AvgIpc) is 2.95. The maximum atomic E-state index is 13.3. The third kappa shape index (κ3) is 2.89. The van der Waals surface area contributed by atoms with Crippen LogP contribution in [0.2, 0.25) is 0 Å². The topological polar surface area (TPSA) is 34.1 Å². The molecule has 2 nitrogen and oxygen atoms in total. The number of ketones is 2. The van der Waals surface area contributed by atoms with E-state index in [0.29, 0.717) is 27.8 Å². The molecule has 0 fully saturated rings. The normalized spacial score (nSPS) is 13.1. The zero-order chi connectivity index (χ0) is 18.3. The van der Waals surface area contributed by atoms with Crippen molar-refractivity contribution in [2.24, 2.45) is 0 Å². The van der Waals surface area contributed by atoms with Crippen LogP contribution >= 0.6 is 31.9 Å². The van der Waals surface area contributed by atoms with E-state index in [1.807, 2.05) is 54.6 Å². The van der Waals surface area contributed by atoms with Crippen LogP contribution in [0.3, 0.4) is 0 Å². The minimum absolute atomic E-state index is 0.108. The standard InChI is InChI=1S/C22H12Br2O2/c23-15-9-5-13(6-10-15)19-20(17-3-1-2-4-18(17)22(19)26)21(25)14-7-11-16(24)12-8-14/h1-12H. The molecule has 0 spiro atoms. The highest BCUT2D eigenvalue weighted by Crippen LogP contribution is 2.40. The second kappa shape index (κ2) is 6.78. The van der Waals surface area contributed by atoms with E-state index in [1.165, 1.54) is 0 Å². The largest absolute Gasteiger partial charge is 0.289 e. The highest BCUT2D eigenvalue weighted by atomic mass is 79.9. The summed E-state index contributed by atoms with van der Waals surface area (Å²) in [4.78, 5) is 26.3. The molecule has 1 aliphatic carbocycles. The number of rotatable bonds is 3. The molecule has 0 bridgehead atoms. The van der Waals surface area contributed by atoms with Crippen LogP contribution in [0.1, 0.15) is 31.8 Å². The Kier molecular flexibility index (Phi) is 4.47. The number of carbonyl (C=O) groups excluding carboxylic acids is 2. The zero-order valence-corrected chi connectivity index (χ0v) is 16.7. The highest BCUT2D eigenvalue weighted by Gasteiger charge is 2.34. The molecular formula is C22H12Br2O2. The Morgan fingerprint density at radius 2 is 1.23 bits per heavy atom. The number of hydrogen-bond acceptors (Lipinski definition) is 2. The maximum Gasteiger partial charge on any atom is 0.195 e. The van der Waals surface area contributed by atoms with Crippen molar-refractivity contribution in [2.75, 3.05) is 0 Å². The Morgan fingerprint density at radius 3 is 1.85 bits per heavy atom. The van der Waals surface area contributed by atoms with Crippen LogP contribution in [0.5, 0.6) is 0 Å². The van der Waals surface area contributed by atoms with Gasteiger partial charge in [0.15, 0.2) is 11.6 Å². The average molecular weight is 468 g/mol. The van der Waals surface area contributed by atoms with E-state index in [0.717, 1.165) is 14.5 Å². The summed E-state index contributed by atoms with van der Waals surface area (Å²) in [6, 6.07) is 22.0. The first kappa shape index (κ1) is 17.1. The Morgan fingerprint density at radius 1 is 0.692 bits per heavy atom. The molecular weight excluding hydrogens is 456 g/mol. The maximum absolute atomic E-state index is 13.3. The van der Waals surface area contributed by atoms with Crippen molar-refractivity contribution in [3.05, 3.63) is 104 Å². The Labute approximate surface area is 167 Å². The quantitative estimate of drug-likeness (QED) is 0.429. The predicted molar refractivity (Wildman–Crippen MR) is 110 cm³/mol. The van der Waals surface area contributed by atoms with E-state index in [9.17, 15) is 9.59 Å². The van der Waals surface area contributed by atoms with E-state index in [1.54, 1.807) is 18.2 Å². The molecule has 0 saturated heterocycles. The first-order chi connectivity index (χ1) is 12.6. The summed E-state index contributed by atoms with van der Waals surface area (Å²) in [6.07, 6.45) is 0. The van der Waals surface area contributed by atoms with Gasteiger partial charge in [0.25, 0.3) is 0 Å². The van der Waals surface area contributed by atoms with Crippen LogP contribution < -0.4 is 0 Å². The van der Waals surface area contributed by atoms with Gasteiger partial charge < -0.3 is 0 Å². The molecule has 0 saturated carbocycles. The van der Waals surface area contributed by atoms with E-state index in [-0.39, 0.29) is 11.6 Å². The molecule has 3 aromatic carbocycles. The number of Topliss-reactive ketones (excluding diaryl/α,β-unsaturated/α-hetero) is 2. The van der Waals surface area contributed by atoms with E-state index < -0.39 is 0 Å². The van der Waals surface area contributed by atoms with Crippen molar-refractivity contribution in [2.45, 2.75) is 0 Å². The summed E-state index contributed by atoms with van der Waals surface area (Å²) in [5.41, 5.74) is 3.51. The lowest BCUT2D eigenvalue weighted by molar-refractivity contribution is 0.104. The summed E-state index contributed by atoms with van der Waals surface area (Å²) in [5, 5.41) is 0. The third-order valence-corrected chi connectivity index (χ3v) is 5.44. The molecule has 4 heteroatoms. The number of hydrogen-bond donors (Lipinski definition) is 0. The van der Waals surface area contributed by atoms with E-state index in [2.05, 4.69) is 31.9 Å². The van der Waals surface area contributed by atoms with Crippen LogP contribution in [0.15, 0.2) is 81.7 Å². The molecule has 0 aromatic heterocycles. The van der Waals surface area contributed by atoms with Crippen molar-refractivity contribution in [1.29, 1.82) is 0 Å². The van der Waals surface area contributed by atoms with Gasteiger partial charge in [-0.3, -0.25) is 9.59 Å². The Balaban J connectivity index is 1.95. The van der Waals surface area contributed by atoms with Gasteiger partial charge in [0.2, 0.25) is 0 Å². The first-order valence-electron chi connectivity index (χ1n) is 8.01. The fraction of sp³-hybridized carbons (Fsp3) is 0. The van der Waals surface area contributed by atoms with Crippen LogP contribution in [0.4, 0.5) is 0 Å². The molecule has 0 atom stereocenters. The van der Waals surface area contributed by atoms with Gasteiger partial charge in [0.1, 0.15) is 0 Å². The first-order valence-corrected chi connectivity index (χ1v) is 9.59. The van der Waals surface area contributed by atoms with E-state index in [4.69, 9.17) is 0 Å². The van der Waals surface area contributed by atoms with Crippen molar-refractivity contribution in [3.63, 3.8) is 0 Å². The lowest BCUT2D eigenvalue weighted by Gasteiger charge is -2.08. The van der Waals surface area contributed by atoms with Gasteiger partial charge >= 0.3 is 0 Å². The van der Waals surface area contributed by atoms with Crippen LogP contribution in [-0.4, -0.2) is 11.6 Å². The molecule has 3 aromatic rings. The number of allylic oxidation sites excluding steroid dienone is 2. The zero-order valence-electron chi connectivity index (χ0n) is 13.5. The molecule has 4 rings (SSSR count). The summed E-state index contributed by atoms with van der Waals surface area (Å²) in [5.74, 6) is -0.253. The van der Waals surface area contributed by atoms with Gasteiger partial charge in [-0.05, 0) is 47.5 Å². The number of halogens is 2. The van der Waals surface area contributed by atoms with Gasteiger partial charge in [-0.2, -0.15) is 0 Å². The molecule has 0 radical (unpaired) electrons. The predicted octanol–water partition coefficient (Wildman–Crippen LogP) is 6.20.